The molecule has 0 aliphatic carbocycles. The quantitative estimate of drug-likeness (QED) is 0.754. The van der Waals surface area contributed by atoms with Gasteiger partial charge >= 0.3 is 0 Å². The third-order valence-corrected chi connectivity index (χ3v) is 5.82. The molecule has 0 bridgehead atoms. The minimum absolute atomic E-state index is 0.121. The molecule has 0 N–H and O–H groups in total. The van der Waals surface area contributed by atoms with Crippen LogP contribution in [0.2, 0.25) is 0 Å². The highest BCUT2D eigenvalue weighted by Crippen LogP contribution is 2.28. The van der Waals surface area contributed by atoms with Crippen molar-refractivity contribution >= 4 is 11.6 Å². The van der Waals surface area contributed by atoms with Gasteiger partial charge in [0.1, 0.15) is 17.7 Å². The number of carbonyl (C=O) groups excluding carboxylic acids is 1. The van der Waals surface area contributed by atoms with E-state index in [9.17, 15) is 9.18 Å². The first-order chi connectivity index (χ1) is 14.6. The van der Waals surface area contributed by atoms with E-state index in [4.69, 9.17) is 9.47 Å². The number of hydrogen-bond donors (Lipinski definition) is 0. The predicted octanol–water partition coefficient (Wildman–Crippen LogP) is 2.56. The van der Waals surface area contributed by atoms with Crippen molar-refractivity contribution in [2.75, 3.05) is 64.4 Å². The Labute approximate surface area is 176 Å². The zero-order chi connectivity index (χ0) is 20.9. The van der Waals surface area contributed by atoms with E-state index in [-0.39, 0.29) is 17.8 Å². The number of piperazine rings is 1. The number of rotatable bonds is 5. The van der Waals surface area contributed by atoms with Gasteiger partial charge in [0.15, 0.2) is 0 Å². The van der Waals surface area contributed by atoms with Gasteiger partial charge in [-0.2, -0.15) is 0 Å². The molecule has 6 nitrogen and oxygen atoms in total. The Morgan fingerprint density at radius 1 is 1.07 bits per heavy atom. The molecule has 1 unspecified atom stereocenters. The minimum Gasteiger partial charge on any atom is -0.495 e. The van der Waals surface area contributed by atoms with Crippen molar-refractivity contribution in [1.29, 1.82) is 0 Å². The molecule has 0 saturated carbocycles. The number of hydrogen-bond acceptors (Lipinski definition) is 5. The fourth-order valence-electron chi connectivity index (χ4n) is 4.08. The van der Waals surface area contributed by atoms with Gasteiger partial charge in [-0.3, -0.25) is 9.69 Å². The van der Waals surface area contributed by atoms with Crippen LogP contribution < -0.4 is 9.64 Å². The number of carbonyl (C=O) groups is 1. The van der Waals surface area contributed by atoms with Gasteiger partial charge in [0.25, 0.3) is 0 Å². The van der Waals surface area contributed by atoms with Crippen LogP contribution in [0.1, 0.15) is 11.7 Å². The van der Waals surface area contributed by atoms with E-state index >= 15 is 0 Å². The molecule has 160 valence electrons. The van der Waals surface area contributed by atoms with Crippen LogP contribution in [0.15, 0.2) is 48.5 Å². The lowest BCUT2D eigenvalue weighted by atomic mass is 10.1. The van der Waals surface area contributed by atoms with Crippen LogP contribution in [0.3, 0.4) is 0 Å². The monoisotopic (exact) mass is 413 g/mol. The van der Waals surface area contributed by atoms with E-state index in [1.54, 1.807) is 19.2 Å². The van der Waals surface area contributed by atoms with Crippen molar-refractivity contribution in [2.24, 2.45) is 0 Å². The maximum absolute atomic E-state index is 13.2. The van der Waals surface area contributed by atoms with Crippen LogP contribution >= 0.6 is 0 Å². The molecule has 2 aromatic rings. The largest absolute Gasteiger partial charge is 0.495 e. The van der Waals surface area contributed by atoms with Gasteiger partial charge in [-0.05, 0) is 29.8 Å². The summed E-state index contributed by atoms with van der Waals surface area (Å²) in [5, 5.41) is 0. The molecular formula is C23H28FN3O3. The number of ether oxygens (including phenoxy) is 2. The minimum atomic E-state index is -0.269. The molecule has 2 aromatic carbocycles. The topological polar surface area (TPSA) is 45.2 Å². The summed E-state index contributed by atoms with van der Waals surface area (Å²) >= 11 is 0. The van der Waals surface area contributed by atoms with Gasteiger partial charge in [0, 0.05) is 32.7 Å². The van der Waals surface area contributed by atoms with Crippen LogP contribution in [0.25, 0.3) is 0 Å². The molecule has 0 radical (unpaired) electrons. The second-order valence-electron chi connectivity index (χ2n) is 7.69. The van der Waals surface area contributed by atoms with Crippen molar-refractivity contribution in [2.45, 2.75) is 6.10 Å². The summed E-state index contributed by atoms with van der Waals surface area (Å²) in [6.45, 7) is 5.38. The Hall–Kier alpha value is -2.64. The molecule has 0 aromatic heterocycles. The Morgan fingerprint density at radius 3 is 2.53 bits per heavy atom. The summed E-state index contributed by atoms with van der Waals surface area (Å²) in [5.41, 5.74) is 2.00. The van der Waals surface area contributed by atoms with Crippen molar-refractivity contribution in [3.8, 4) is 5.75 Å². The number of halogens is 1. The van der Waals surface area contributed by atoms with Gasteiger partial charge in [0.2, 0.25) is 5.91 Å². The number of methoxy groups -OCH3 is 1. The SMILES string of the molecule is COc1ccccc1N1CCN(CC(=O)N2CCOC(c3ccc(F)cc3)C2)CC1. The third kappa shape index (κ3) is 4.74. The number of morpholine rings is 1. The highest BCUT2D eigenvalue weighted by atomic mass is 19.1. The van der Waals surface area contributed by atoms with Crippen molar-refractivity contribution in [1.82, 2.24) is 9.80 Å². The van der Waals surface area contributed by atoms with Gasteiger partial charge in [0.05, 0.1) is 32.5 Å². The lowest BCUT2D eigenvalue weighted by Gasteiger charge is -2.38. The first-order valence-corrected chi connectivity index (χ1v) is 10.4. The Balaban J connectivity index is 1.30. The van der Waals surface area contributed by atoms with Crippen molar-refractivity contribution in [3.05, 3.63) is 59.9 Å². The average molecular weight is 413 g/mol. The first kappa shape index (κ1) is 20.6. The van der Waals surface area contributed by atoms with E-state index in [2.05, 4.69) is 15.9 Å². The van der Waals surface area contributed by atoms with Crippen LogP contribution in [0, 0.1) is 5.82 Å². The zero-order valence-corrected chi connectivity index (χ0v) is 17.3. The number of amides is 1. The third-order valence-electron chi connectivity index (χ3n) is 5.82. The maximum atomic E-state index is 13.2. The summed E-state index contributed by atoms with van der Waals surface area (Å²) in [5.74, 6) is 0.730. The van der Waals surface area contributed by atoms with Crippen LogP contribution in [0.4, 0.5) is 10.1 Å². The van der Waals surface area contributed by atoms with Gasteiger partial charge in [-0.15, -0.1) is 0 Å². The molecule has 2 aliphatic heterocycles. The number of para-hydroxylation sites is 2. The van der Waals surface area contributed by atoms with Crippen molar-refractivity contribution in [3.63, 3.8) is 0 Å². The van der Waals surface area contributed by atoms with Gasteiger partial charge < -0.3 is 19.3 Å². The number of benzene rings is 2. The fourth-order valence-corrected chi connectivity index (χ4v) is 4.08. The summed E-state index contributed by atoms with van der Waals surface area (Å²) in [4.78, 5) is 19.3. The molecular weight excluding hydrogens is 385 g/mol. The standard InChI is InChI=1S/C23H28FN3O3/c1-29-21-5-3-2-4-20(21)26-12-10-25(11-13-26)17-23(28)27-14-15-30-22(16-27)18-6-8-19(24)9-7-18/h2-9,22H,10-17H2,1H3. The normalized spacial score (nSPS) is 20.3. The molecule has 2 aliphatic rings. The summed E-state index contributed by atoms with van der Waals surface area (Å²) in [6.07, 6.45) is -0.203. The lowest BCUT2D eigenvalue weighted by Crippen LogP contribution is -2.52. The number of anilines is 1. The summed E-state index contributed by atoms with van der Waals surface area (Å²) in [6, 6.07) is 14.4. The van der Waals surface area contributed by atoms with Crippen LogP contribution in [-0.4, -0.2) is 75.2 Å². The van der Waals surface area contributed by atoms with E-state index in [0.717, 1.165) is 43.2 Å². The summed E-state index contributed by atoms with van der Waals surface area (Å²) in [7, 11) is 1.69. The Kier molecular flexibility index (Phi) is 6.50. The summed E-state index contributed by atoms with van der Waals surface area (Å²) < 4.78 is 24.5. The highest BCUT2D eigenvalue weighted by molar-refractivity contribution is 5.78. The predicted molar refractivity (Wildman–Crippen MR) is 113 cm³/mol. The molecule has 1 atom stereocenters. The Morgan fingerprint density at radius 2 is 1.80 bits per heavy atom. The first-order valence-electron chi connectivity index (χ1n) is 10.4. The van der Waals surface area contributed by atoms with E-state index in [0.29, 0.717) is 26.2 Å². The van der Waals surface area contributed by atoms with E-state index in [1.165, 1.54) is 12.1 Å². The zero-order valence-electron chi connectivity index (χ0n) is 17.3. The van der Waals surface area contributed by atoms with Gasteiger partial charge in [-0.1, -0.05) is 24.3 Å². The lowest BCUT2D eigenvalue weighted by molar-refractivity contribution is -0.140. The smallest absolute Gasteiger partial charge is 0.236 e. The number of nitrogens with zero attached hydrogens (tertiary/aromatic N) is 3. The molecule has 4 rings (SSSR count). The maximum Gasteiger partial charge on any atom is 0.236 e. The molecule has 2 fully saturated rings. The molecule has 2 heterocycles. The second kappa shape index (κ2) is 9.45. The molecule has 7 heteroatoms. The molecule has 0 spiro atoms. The molecule has 30 heavy (non-hydrogen) atoms. The van der Waals surface area contributed by atoms with E-state index < -0.39 is 0 Å². The van der Waals surface area contributed by atoms with Crippen LogP contribution in [-0.2, 0) is 9.53 Å². The second-order valence-corrected chi connectivity index (χ2v) is 7.69. The highest BCUT2D eigenvalue weighted by Gasteiger charge is 2.28. The van der Waals surface area contributed by atoms with Crippen molar-refractivity contribution < 1.29 is 18.7 Å². The Bertz CT molecular complexity index is 853. The molecule has 2 saturated heterocycles. The molecule has 1 amide bonds. The fraction of sp³-hybridized carbons (Fsp3) is 0.435. The van der Waals surface area contributed by atoms with Gasteiger partial charge in [-0.25, -0.2) is 4.39 Å². The average Bonchev–Trinajstić information content (AvgIpc) is 2.80. The van der Waals surface area contributed by atoms with Crippen LogP contribution in [0.5, 0.6) is 5.75 Å². The van der Waals surface area contributed by atoms with E-state index in [1.807, 2.05) is 23.1 Å².